The molecule has 36 heavy (non-hydrogen) atoms. The topological polar surface area (TPSA) is 154 Å². The molecule has 0 bridgehead atoms. The maximum atomic E-state index is 13.6. The maximum absolute atomic E-state index is 13.6. The largest absolute Gasteiger partial charge is 0.463 e. The molecule has 6 N–H and O–H groups in total. The highest BCUT2D eigenvalue weighted by Crippen LogP contribution is 2.53. The van der Waals surface area contributed by atoms with E-state index in [0.717, 1.165) is 49.0 Å². The number of hydrogen-bond acceptors (Lipinski definition) is 9. The van der Waals surface area contributed by atoms with Crippen molar-refractivity contribution in [1.82, 2.24) is 9.97 Å². The van der Waals surface area contributed by atoms with E-state index >= 15 is 0 Å². The van der Waals surface area contributed by atoms with Gasteiger partial charge < -0.3 is 21.9 Å². The van der Waals surface area contributed by atoms with E-state index in [-0.39, 0.29) is 23.5 Å². The van der Waals surface area contributed by atoms with Crippen LogP contribution in [0.5, 0.6) is 6.01 Å². The highest BCUT2D eigenvalue weighted by molar-refractivity contribution is 7.16. The number of carbonyl (C=O) groups is 1. The van der Waals surface area contributed by atoms with Crippen molar-refractivity contribution in [3.05, 3.63) is 45.2 Å². The number of rotatable bonds is 7. The summed E-state index contributed by atoms with van der Waals surface area (Å²) in [4.78, 5) is 23.4. The number of nitriles is 1. The van der Waals surface area contributed by atoms with Crippen LogP contribution in [0.4, 0.5) is 5.00 Å². The average molecular weight is 507 g/mol. The Balaban J connectivity index is 1.38. The molecule has 2 heterocycles. The number of nitrogen functional groups attached to an aromatic ring is 1. The predicted molar refractivity (Wildman–Crippen MR) is 139 cm³/mol. The van der Waals surface area contributed by atoms with E-state index < -0.39 is 5.41 Å². The summed E-state index contributed by atoms with van der Waals surface area (Å²) in [7, 11) is 0. The zero-order valence-electron chi connectivity index (χ0n) is 20.9. The van der Waals surface area contributed by atoms with Crippen LogP contribution in [0.2, 0.25) is 0 Å². The minimum Gasteiger partial charge on any atom is -0.463 e. The number of Topliss-reactive ketones (excluding diaryl/α,β-unsaturated/α-hetero) is 1. The SMILES string of the molecule is C[C@H](COc1nccc(C(=O)C2=C(N)[C@@]3(CCC2)CCCc2sc(N)c(C#N)c23)n1)C[C@@H]1[C@H](C)[C@@H]1N. The Morgan fingerprint density at radius 1 is 1.33 bits per heavy atom. The lowest BCUT2D eigenvalue weighted by atomic mass is 9.62. The number of ketones is 1. The first-order chi connectivity index (χ1) is 17.3. The normalized spacial score (nSPS) is 27.9. The molecular weight excluding hydrogens is 472 g/mol. The Kier molecular flexibility index (Phi) is 6.52. The Bertz CT molecular complexity index is 1260. The number of aromatic nitrogens is 2. The number of carbonyl (C=O) groups excluding carboxylic acids is 1. The van der Waals surface area contributed by atoms with Crippen molar-refractivity contribution in [3.8, 4) is 12.1 Å². The molecule has 8 nitrogen and oxygen atoms in total. The zero-order chi connectivity index (χ0) is 25.6. The fourth-order valence-electron chi connectivity index (χ4n) is 6.24. The highest BCUT2D eigenvalue weighted by atomic mass is 32.1. The second-order valence-electron chi connectivity index (χ2n) is 10.7. The van der Waals surface area contributed by atoms with Crippen molar-refractivity contribution in [2.24, 2.45) is 29.2 Å². The number of hydrogen-bond donors (Lipinski definition) is 3. The maximum Gasteiger partial charge on any atom is 0.317 e. The lowest BCUT2D eigenvalue weighted by Gasteiger charge is -2.42. The molecule has 0 saturated heterocycles. The summed E-state index contributed by atoms with van der Waals surface area (Å²) < 4.78 is 5.85. The third kappa shape index (κ3) is 4.16. The van der Waals surface area contributed by atoms with E-state index in [9.17, 15) is 10.1 Å². The molecule has 0 unspecified atom stereocenters. The van der Waals surface area contributed by atoms with E-state index in [0.29, 0.717) is 52.6 Å². The van der Waals surface area contributed by atoms with Gasteiger partial charge in [0.1, 0.15) is 16.8 Å². The number of aryl methyl sites for hydroxylation is 1. The van der Waals surface area contributed by atoms with Gasteiger partial charge >= 0.3 is 6.01 Å². The van der Waals surface area contributed by atoms with Gasteiger partial charge in [0.05, 0.1) is 12.2 Å². The third-order valence-electron chi connectivity index (χ3n) is 8.42. The minimum atomic E-state index is -0.515. The Hall–Kier alpha value is -2.96. The number of anilines is 1. The van der Waals surface area contributed by atoms with Crippen LogP contribution in [0.15, 0.2) is 23.5 Å². The van der Waals surface area contributed by atoms with Gasteiger partial charge in [0.2, 0.25) is 5.78 Å². The first-order valence-corrected chi connectivity index (χ1v) is 13.7. The molecule has 0 aliphatic heterocycles. The lowest BCUT2D eigenvalue weighted by Crippen LogP contribution is -2.40. The number of nitrogens with zero attached hydrogens (tertiary/aromatic N) is 3. The molecule has 190 valence electrons. The summed E-state index contributed by atoms with van der Waals surface area (Å²) in [5, 5.41) is 10.4. The van der Waals surface area contributed by atoms with Gasteiger partial charge in [-0.05, 0) is 74.3 Å². The number of ether oxygens (including phenoxy) is 1. The van der Waals surface area contributed by atoms with Gasteiger partial charge in [0.25, 0.3) is 0 Å². The molecule has 5 atom stereocenters. The third-order valence-corrected chi connectivity index (χ3v) is 9.50. The quantitative estimate of drug-likeness (QED) is 0.479. The summed E-state index contributed by atoms with van der Waals surface area (Å²) >= 11 is 1.48. The standard InChI is InChI=1S/C27H34N6O2S/c1-14(11-17-15(2)22(17)29)13-35-26-32-10-7-19(33-26)23(34)16-5-3-8-27(24(16)30)9-4-6-20-21(27)18(12-28)25(31)36-20/h7,10,14-15,17,22H,3-6,8-9,11,13,29-31H2,1-2H3/t14-,15-,17+,22-,27-/m0/s1. The first-order valence-electron chi connectivity index (χ1n) is 12.8. The molecule has 2 aromatic heterocycles. The molecule has 1 fully saturated rings. The second kappa shape index (κ2) is 9.49. The fourth-order valence-corrected chi connectivity index (χ4v) is 7.40. The predicted octanol–water partition coefficient (Wildman–Crippen LogP) is 3.84. The van der Waals surface area contributed by atoms with E-state index in [1.807, 2.05) is 0 Å². The van der Waals surface area contributed by atoms with Gasteiger partial charge in [-0.2, -0.15) is 10.2 Å². The van der Waals surface area contributed by atoms with Crippen LogP contribution in [-0.4, -0.2) is 28.4 Å². The summed E-state index contributed by atoms with van der Waals surface area (Å²) in [5.74, 6) is 1.24. The van der Waals surface area contributed by atoms with Crippen molar-refractivity contribution in [2.75, 3.05) is 12.3 Å². The van der Waals surface area contributed by atoms with E-state index in [1.54, 1.807) is 12.3 Å². The van der Waals surface area contributed by atoms with Gasteiger partial charge in [0.15, 0.2) is 0 Å². The van der Waals surface area contributed by atoms with Crippen LogP contribution in [-0.2, 0) is 11.8 Å². The van der Waals surface area contributed by atoms with Crippen LogP contribution >= 0.6 is 11.3 Å². The minimum absolute atomic E-state index is 0.196. The van der Waals surface area contributed by atoms with Gasteiger partial charge in [-0.15, -0.1) is 11.3 Å². The second-order valence-corrected chi connectivity index (χ2v) is 11.9. The molecule has 0 amide bonds. The van der Waals surface area contributed by atoms with Gasteiger partial charge in [-0.1, -0.05) is 13.8 Å². The average Bonchev–Trinajstić information content (AvgIpc) is 3.27. The number of fused-ring (bicyclic) bond motifs is 2. The van der Waals surface area contributed by atoms with E-state index in [1.165, 1.54) is 11.3 Å². The Labute approximate surface area is 215 Å². The fraction of sp³-hybridized carbons (Fsp3) is 0.556. The first kappa shape index (κ1) is 24.7. The van der Waals surface area contributed by atoms with Crippen molar-refractivity contribution >= 4 is 22.1 Å². The van der Waals surface area contributed by atoms with Gasteiger partial charge in [-0.25, -0.2) is 4.98 Å². The van der Waals surface area contributed by atoms with Crippen molar-refractivity contribution in [1.29, 1.82) is 5.26 Å². The highest BCUT2D eigenvalue weighted by Gasteiger charge is 2.46. The molecule has 3 aliphatic carbocycles. The number of nitrogens with two attached hydrogens (primary N) is 3. The molecule has 1 saturated carbocycles. The smallest absolute Gasteiger partial charge is 0.317 e. The van der Waals surface area contributed by atoms with Crippen molar-refractivity contribution in [2.45, 2.75) is 70.3 Å². The monoisotopic (exact) mass is 506 g/mol. The molecule has 9 heteroatoms. The molecule has 2 aromatic rings. The Morgan fingerprint density at radius 3 is 2.75 bits per heavy atom. The van der Waals surface area contributed by atoms with Crippen LogP contribution < -0.4 is 21.9 Å². The van der Waals surface area contributed by atoms with Crippen molar-refractivity contribution in [3.63, 3.8) is 0 Å². The van der Waals surface area contributed by atoms with Crippen LogP contribution in [0.1, 0.15) is 78.9 Å². The summed E-state index contributed by atoms with van der Waals surface area (Å²) in [6.07, 6.45) is 7.43. The lowest BCUT2D eigenvalue weighted by molar-refractivity contribution is 0.101. The molecule has 0 radical (unpaired) electrons. The summed E-state index contributed by atoms with van der Waals surface area (Å²) in [5.41, 5.74) is 21.5. The van der Waals surface area contributed by atoms with Crippen LogP contribution in [0, 0.1) is 29.1 Å². The van der Waals surface area contributed by atoms with Crippen molar-refractivity contribution < 1.29 is 9.53 Å². The molecule has 0 aromatic carbocycles. The molecule has 5 rings (SSSR count). The van der Waals surface area contributed by atoms with Crippen LogP contribution in [0.25, 0.3) is 0 Å². The number of thiophene rings is 1. The Morgan fingerprint density at radius 2 is 2.06 bits per heavy atom. The molecule has 3 aliphatic rings. The zero-order valence-corrected chi connectivity index (χ0v) is 21.7. The summed E-state index contributed by atoms with van der Waals surface area (Å²) in [6.45, 7) is 4.78. The van der Waals surface area contributed by atoms with Crippen LogP contribution in [0.3, 0.4) is 0 Å². The van der Waals surface area contributed by atoms with Gasteiger partial charge in [0, 0.05) is 33.8 Å². The number of allylic oxidation sites excluding steroid dienone is 2. The molecule has 1 spiro atoms. The van der Waals surface area contributed by atoms with Gasteiger partial charge in [-0.3, -0.25) is 4.79 Å². The molecular formula is C27H34N6O2S. The van der Waals surface area contributed by atoms with E-state index in [4.69, 9.17) is 21.9 Å². The summed E-state index contributed by atoms with van der Waals surface area (Å²) in [6, 6.07) is 4.40. The van der Waals surface area contributed by atoms with E-state index in [2.05, 4.69) is 29.9 Å².